The van der Waals surface area contributed by atoms with E-state index in [0.717, 1.165) is 43.2 Å². The van der Waals surface area contributed by atoms with Gasteiger partial charge in [0.1, 0.15) is 0 Å². The Kier molecular flexibility index (Phi) is 9.51. The second-order valence-corrected chi connectivity index (χ2v) is 10.7. The smallest absolute Gasteiger partial charge is 0.237 e. The van der Waals surface area contributed by atoms with Gasteiger partial charge in [0.2, 0.25) is 11.8 Å². The van der Waals surface area contributed by atoms with Crippen LogP contribution in [-0.2, 0) is 14.4 Å². The van der Waals surface area contributed by atoms with E-state index >= 15 is 0 Å². The van der Waals surface area contributed by atoms with E-state index in [9.17, 15) is 14.4 Å². The lowest BCUT2D eigenvalue weighted by Gasteiger charge is -2.33. The number of Topliss-reactive ketones (excluding diaryl/α,β-unsaturated/α-hetero) is 1. The number of ketones is 1. The molecule has 37 heavy (non-hydrogen) atoms. The van der Waals surface area contributed by atoms with Crippen molar-refractivity contribution in [1.82, 2.24) is 16.0 Å². The van der Waals surface area contributed by atoms with Crippen molar-refractivity contribution >= 4 is 17.6 Å². The van der Waals surface area contributed by atoms with Crippen LogP contribution in [0.25, 0.3) is 0 Å². The van der Waals surface area contributed by atoms with E-state index in [1.54, 1.807) is 14.0 Å². The molecule has 2 fully saturated rings. The standard InChI is InChI=1S/C31H41N3O3/c1-21(32-2)30(36)34-28(24-17-10-5-11-18-24)29(35)25-19-12-20-26(25)31(37)33-27(22-13-6-3-7-14-22)23-15-8-4-9-16-23/h3-4,6-9,13-16,21,24-28,32H,5,10-12,17-20H2,1-2H3,(H,33,37)(H,34,36)/t21-,25?,26+,28+/m0/s1. The highest BCUT2D eigenvalue weighted by atomic mass is 16.2. The molecule has 2 aromatic carbocycles. The van der Waals surface area contributed by atoms with Crippen molar-refractivity contribution in [1.29, 1.82) is 0 Å². The Morgan fingerprint density at radius 2 is 1.30 bits per heavy atom. The lowest BCUT2D eigenvalue weighted by molar-refractivity contribution is -0.136. The maximum absolute atomic E-state index is 14.0. The molecule has 0 saturated heterocycles. The summed E-state index contributed by atoms with van der Waals surface area (Å²) in [6.07, 6.45) is 7.44. The number of hydrogen-bond donors (Lipinski definition) is 3. The molecule has 2 aliphatic carbocycles. The van der Waals surface area contributed by atoms with Crippen molar-refractivity contribution < 1.29 is 14.4 Å². The molecule has 6 heteroatoms. The Bertz CT molecular complexity index is 997. The van der Waals surface area contributed by atoms with E-state index in [1.165, 1.54) is 6.42 Å². The topological polar surface area (TPSA) is 87.3 Å². The number of amides is 2. The fourth-order valence-corrected chi connectivity index (χ4v) is 6.04. The molecular formula is C31H41N3O3. The van der Waals surface area contributed by atoms with Crippen molar-refractivity contribution in [2.75, 3.05) is 7.05 Å². The third-order valence-corrected chi connectivity index (χ3v) is 8.32. The molecule has 2 aromatic rings. The van der Waals surface area contributed by atoms with E-state index in [-0.39, 0.29) is 47.4 Å². The number of rotatable bonds is 10. The molecule has 198 valence electrons. The van der Waals surface area contributed by atoms with Crippen LogP contribution in [-0.4, -0.2) is 36.7 Å². The van der Waals surface area contributed by atoms with Gasteiger partial charge in [0.25, 0.3) is 0 Å². The zero-order chi connectivity index (χ0) is 26.2. The minimum atomic E-state index is -0.527. The Morgan fingerprint density at radius 1 is 0.730 bits per heavy atom. The fraction of sp³-hybridized carbons (Fsp3) is 0.516. The first kappa shape index (κ1) is 27.1. The summed E-state index contributed by atoms with van der Waals surface area (Å²) in [6, 6.07) is 18.7. The van der Waals surface area contributed by atoms with E-state index in [1.807, 2.05) is 60.7 Å². The van der Waals surface area contributed by atoms with Crippen molar-refractivity contribution in [3.05, 3.63) is 71.8 Å². The molecule has 2 aliphatic rings. The summed E-state index contributed by atoms with van der Waals surface area (Å²) < 4.78 is 0. The molecule has 2 amide bonds. The summed E-state index contributed by atoms with van der Waals surface area (Å²) in [5.41, 5.74) is 2.02. The second kappa shape index (κ2) is 13.0. The van der Waals surface area contributed by atoms with Crippen LogP contribution < -0.4 is 16.0 Å². The van der Waals surface area contributed by atoms with E-state index in [2.05, 4.69) is 16.0 Å². The number of benzene rings is 2. The van der Waals surface area contributed by atoms with Crippen LogP contribution >= 0.6 is 0 Å². The Morgan fingerprint density at radius 3 is 1.86 bits per heavy atom. The average Bonchev–Trinajstić information content (AvgIpc) is 3.45. The summed E-state index contributed by atoms with van der Waals surface area (Å²) in [7, 11) is 1.74. The zero-order valence-electron chi connectivity index (χ0n) is 22.1. The molecule has 0 aromatic heterocycles. The Balaban J connectivity index is 1.54. The Labute approximate surface area is 221 Å². The monoisotopic (exact) mass is 503 g/mol. The normalized spacial score (nSPS) is 21.8. The Hall–Kier alpha value is -2.99. The van der Waals surface area contributed by atoms with Crippen LogP contribution in [0.4, 0.5) is 0 Å². The minimum Gasteiger partial charge on any atom is -0.345 e. The van der Waals surface area contributed by atoms with E-state index < -0.39 is 6.04 Å². The van der Waals surface area contributed by atoms with Gasteiger partial charge in [-0.3, -0.25) is 14.4 Å². The number of carbonyl (C=O) groups excluding carboxylic acids is 3. The number of nitrogens with one attached hydrogen (secondary N) is 3. The molecule has 6 nitrogen and oxygen atoms in total. The molecule has 2 saturated carbocycles. The van der Waals surface area contributed by atoms with Crippen molar-refractivity contribution in [2.24, 2.45) is 17.8 Å². The van der Waals surface area contributed by atoms with Gasteiger partial charge in [-0.1, -0.05) is 86.3 Å². The van der Waals surface area contributed by atoms with Gasteiger partial charge in [0, 0.05) is 11.8 Å². The summed E-state index contributed by atoms with van der Waals surface area (Å²) in [5.74, 6) is -0.807. The van der Waals surface area contributed by atoms with Crippen LogP contribution in [0.2, 0.25) is 0 Å². The number of carbonyl (C=O) groups is 3. The largest absolute Gasteiger partial charge is 0.345 e. The molecular weight excluding hydrogens is 462 g/mol. The summed E-state index contributed by atoms with van der Waals surface area (Å²) >= 11 is 0. The highest BCUT2D eigenvalue weighted by Crippen LogP contribution is 2.37. The van der Waals surface area contributed by atoms with Crippen LogP contribution in [0.15, 0.2) is 60.7 Å². The number of hydrogen-bond acceptors (Lipinski definition) is 4. The summed E-state index contributed by atoms with van der Waals surface area (Å²) in [5, 5.41) is 9.33. The maximum atomic E-state index is 14.0. The van der Waals surface area contributed by atoms with Gasteiger partial charge in [0.15, 0.2) is 5.78 Å². The summed E-state index contributed by atoms with van der Waals surface area (Å²) in [4.78, 5) is 40.6. The van der Waals surface area contributed by atoms with Crippen molar-refractivity contribution in [2.45, 2.75) is 76.4 Å². The summed E-state index contributed by atoms with van der Waals surface area (Å²) in [6.45, 7) is 1.80. The molecule has 4 rings (SSSR count). The lowest BCUT2D eigenvalue weighted by atomic mass is 9.77. The molecule has 0 bridgehead atoms. The lowest BCUT2D eigenvalue weighted by Crippen LogP contribution is -2.54. The minimum absolute atomic E-state index is 0.0391. The molecule has 0 heterocycles. The third-order valence-electron chi connectivity index (χ3n) is 8.32. The van der Waals surface area contributed by atoms with Crippen LogP contribution in [0, 0.1) is 17.8 Å². The zero-order valence-corrected chi connectivity index (χ0v) is 22.1. The molecule has 0 aliphatic heterocycles. The molecule has 1 unspecified atom stereocenters. The van der Waals surface area contributed by atoms with Gasteiger partial charge in [0.05, 0.1) is 18.1 Å². The first-order valence-electron chi connectivity index (χ1n) is 13.9. The van der Waals surface area contributed by atoms with E-state index in [4.69, 9.17) is 0 Å². The average molecular weight is 504 g/mol. The van der Waals surface area contributed by atoms with Crippen LogP contribution in [0.1, 0.15) is 75.5 Å². The first-order chi connectivity index (χ1) is 18.0. The second-order valence-electron chi connectivity index (χ2n) is 10.7. The highest BCUT2D eigenvalue weighted by molar-refractivity contribution is 5.95. The SMILES string of the molecule is CN[C@@H](C)C(=O)N[C@@H](C(=O)C1CCC[C@H]1C(=O)NC(c1ccccc1)c1ccccc1)C1CCCCC1. The van der Waals surface area contributed by atoms with Crippen LogP contribution in [0.5, 0.6) is 0 Å². The van der Waals surface area contributed by atoms with Gasteiger partial charge in [-0.2, -0.15) is 0 Å². The van der Waals surface area contributed by atoms with Crippen molar-refractivity contribution in [3.63, 3.8) is 0 Å². The molecule has 3 N–H and O–H groups in total. The van der Waals surface area contributed by atoms with Crippen molar-refractivity contribution in [3.8, 4) is 0 Å². The number of likely N-dealkylation sites (N-methyl/N-ethyl adjacent to an activating group) is 1. The van der Waals surface area contributed by atoms with Gasteiger partial charge >= 0.3 is 0 Å². The predicted octanol–water partition coefficient (Wildman–Crippen LogP) is 4.55. The fourth-order valence-electron chi connectivity index (χ4n) is 6.04. The third kappa shape index (κ3) is 6.67. The predicted molar refractivity (Wildman–Crippen MR) is 146 cm³/mol. The van der Waals surface area contributed by atoms with Crippen LogP contribution in [0.3, 0.4) is 0 Å². The molecule has 0 radical (unpaired) electrons. The molecule has 4 atom stereocenters. The quantitative estimate of drug-likeness (QED) is 0.444. The highest BCUT2D eigenvalue weighted by Gasteiger charge is 2.43. The maximum Gasteiger partial charge on any atom is 0.237 e. The van der Waals surface area contributed by atoms with E-state index in [0.29, 0.717) is 12.8 Å². The van der Waals surface area contributed by atoms with Gasteiger partial charge < -0.3 is 16.0 Å². The van der Waals surface area contributed by atoms with Gasteiger partial charge in [-0.15, -0.1) is 0 Å². The first-order valence-corrected chi connectivity index (χ1v) is 13.9. The van der Waals surface area contributed by atoms with Gasteiger partial charge in [-0.05, 0) is 56.7 Å². The molecule has 0 spiro atoms. The van der Waals surface area contributed by atoms with Gasteiger partial charge in [-0.25, -0.2) is 0 Å².